The minimum atomic E-state index is -2.17. The second-order valence-electron chi connectivity index (χ2n) is 2.31. The summed E-state index contributed by atoms with van der Waals surface area (Å²) in [5.74, 6) is -0.982. The molecule has 0 bridgehead atoms. The molecule has 64 valence electrons. The lowest BCUT2D eigenvalue weighted by molar-refractivity contribution is 0.233. The van der Waals surface area contributed by atoms with E-state index in [1.807, 2.05) is 9.24 Å². The van der Waals surface area contributed by atoms with E-state index in [1.165, 1.54) is 6.07 Å². The molecule has 0 aliphatic heterocycles. The number of allylic oxidation sites excluding steroid dienone is 4. The third-order valence-corrected chi connectivity index (χ3v) is 1.95. The summed E-state index contributed by atoms with van der Waals surface area (Å²) in [6, 6.07) is 1.30. The zero-order valence-electron chi connectivity index (χ0n) is 5.89. The third-order valence-electron chi connectivity index (χ3n) is 1.50. The van der Waals surface area contributed by atoms with Crippen LogP contribution in [-0.4, -0.2) is 12.3 Å². The zero-order chi connectivity index (χ0) is 9.30. The smallest absolute Gasteiger partial charge is 0.172 e. The number of nitrogens with zero attached hydrogens (tertiary/aromatic N) is 1. The summed E-state index contributed by atoms with van der Waals surface area (Å²) < 4.78 is 38.2. The summed E-state index contributed by atoms with van der Waals surface area (Å²) in [5.41, 5.74) is -0.769. The largest absolute Gasteiger partial charge is 0.239 e. The van der Waals surface area contributed by atoms with Gasteiger partial charge in [-0.3, -0.25) is 0 Å². The molecular formula is C7H5F3NP. The minimum Gasteiger partial charge on any atom is -0.239 e. The van der Waals surface area contributed by atoms with Crippen LogP contribution < -0.4 is 0 Å². The van der Waals surface area contributed by atoms with Crippen molar-refractivity contribution in [2.45, 2.75) is 12.3 Å². The molecule has 1 rings (SSSR count). The van der Waals surface area contributed by atoms with E-state index in [1.54, 1.807) is 0 Å². The van der Waals surface area contributed by atoms with Gasteiger partial charge in [-0.1, -0.05) is 0 Å². The topological polar surface area (TPSA) is 23.8 Å². The Bertz CT molecular complexity index is 302. The number of halogens is 3. The van der Waals surface area contributed by atoms with Crippen LogP contribution in [-0.2, 0) is 0 Å². The van der Waals surface area contributed by atoms with Crippen LogP contribution in [0.2, 0.25) is 0 Å². The zero-order valence-corrected chi connectivity index (χ0v) is 7.05. The quantitative estimate of drug-likeness (QED) is 0.538. The van der Waals surface area contributed by atoms with Crippen LogP contribution in [0.5, 0.6) is 0 Å². The van der Waals surface area contributed by atoms with Crippen LogP contribution in [0.15, 0.2) is 22.8 Å². The number of nitriles is 1. The minimum absolute atomic E-state index is 0.104. The van der Waals surface area contributed by atoms with E-state index in [4.69, 9.17) is 5.26 Å². The molecule has 0 fully saturated rings. The van der Waals surface area contributed by atoms with Gasteiger partial charge in [0.2, 0.25) is 0 Å². The molecule has 0 radical (unpaired) electrons. The van der Waals surface area contributed by atoms with Gasteiger partial charge in [-0.15, -0.1) is 9.24 Å². The molecule has 0 saturated carbocycles. The van der Waals surface area contributed by atoms with Crippen molar-refractivity contribution in [3.63, 3.8) is 0 Å². The Morgan fingerprint density at radius 1 is 1.50 bits per heavy atom. The van der Waals surface area contributed by atoms with Crippen LogP contribution in [0.4, 0.5) is 13.2 Å². The fourth-order valence-corrected chi connectivity index (χ4v) is 1.22. The molecule has 1 nitrogen and oxygen atoms in total. The Kier molecular flexibility index (Phi) is 2.54. The van der Waals surface area contributed by atoms with Gasteiger partial charge in [0.25, 0.3) is 0 Å². The van der Waals surface area contributed by atoms with Gasteiger partial charge in [-0.05, 0) is 6.08 Å². The molecule has 0 spiro atoms. The van der Waals surface area contributed by atoms with Crippen molar-refractivity contribution in [3.05, 3.63) is 22.8 Å². The maximum absolute atomic E-state index is 12.8. The van der Waals surface area contributed by atoms with Crippen molar-refractivity contribution in [1.29, 1.82) is 5.26 Å². The molecule has 0 aromatic heterocycles. The van der Waals surface area contributed by atoms with Gasteiger partial charge >= 0.3 is 0 Å². The molecule has 3 unspecified atom stereocenters. The highest BCUT2D eigenvalue weighted by Gasteiger charge is 2.31. The standard InChI is InChI=1S/C7H5F3NP/c8-4-1-5(12)7(10)3(2-11)6(4)9/h1,4,6H,12H2. The molecule has 0 saturated heterocycles. The lowest BCUT2D eigenvalue weighted by Gasteiger charge is -2.16. The summed E-state index contributed by atoms with van der Waals surface area (Å²) in [4.78, 5) is 0. The monoisotopic (exact) mass is 191 g/mol. The average Bonchev–Trinajstić information content (AvgIpc) is 2.02. The Hall–Kier alpha value is -0.810. The number of hydrogen-bond donors (Lipinski definition) is 0. The molecular weight excluding hydrogens is 186 g/mol. The number of alkyl halides is 2. The molecule has 0 aromatic rings. The maximum Gasteiger partial charge on any atom is 0.172 e. The van der Waals surface area contributed by atoms with Gasteiger partial charge in [0.05, 0.1) is 0 Å². The highest BCUT2D eigenvalue weighted by molar-refractivity contribution is 7.23. The van der Waals surface area contributed by atoms with Crippen molar-refractivity contribution >= 4 is 9.24 Å². The Balaban J connectivity index is 3.14. The lowest BCUT2D eigenvalue weighted by atomic mass is 10.0. The molecule has 3 atom stereocenters. The predicted octanol–water partition coefficient (Wildman–Crippen LogP) is 2.18. The van der Waals surface area contributed by atoms with Gasteiger partial charge in [-0.25, -0.2) is 13.2 Å². The summed E-state index contributed by atoms with van der Waals surface area (Å²) in [5, 5.41) is 8.17. The second-order valence-corrected chi connectivity index (χ2v) is 2.93. The fraction of sp³-hybridized carbons (Fsp3) is 0.286. The summed E-state index contributed by atoms with van der Waals surface area (Å²) >= 11 is 0. The maximum atomic E-state index is 12.8. The van der Waals surface area contributed by atoms with Crippen LogP contribution in [0.25, 0.3) is 0 Å². The summed E-state index contributed by atoms with van der Waals surface area (Å²) in [6.45, 7) is 0. The van der Waals surface area contributed by atoms with Gasteiger partial charge in [-0.2, -0.15) is 5.26 Å². The predicted molar refractivity (Wildman–Crippen MR) is 41.3 cm³/mol. The van der Waals surface area contributed by atoms with Crippen LogP contribution in [0.3, 0.4) is 0 Å². The summed E-state index contributed by atoms with van der Waals surface area (Å²) in [7, 11) is 1.91. The fourth-order valence-electron chi connectivity index (χ4n) is 0.876. The Morgan fingerprint density at radius 2 is 2.08 bits per heavy atom. The lowest BCUT2D eigenvalue weighted by Crippen LogP contribution is -2.21. The highest BCUT2D eigenvalue weighted by atomic mass is 31.0. The van der Waals surface area contributed by atoms with Crippen molar-refractivity contribution in [2.24, 2.45) is 0 Å². The van der Waals surface area contributed by atoms with E-state index in [-0.39, 0.29) is 5.31 Å². The van der Waals surface area contributed by atoms with Crippen molar-refractivity contribution < 1.29 is 13.2 Å². The van der Waals surface area contributed by atoms with Crippen molar-refractivity contribution in [1.82, 2.24) is 0 Å². The van der Waals surface area contributed by atoms with E-state index in [0.717, 1.165) is 6.08 Å². The number of rotatable bonds is 0. The van der Waals surface area contributed by atoms with Gasteiger partial charge < -0.3 is 0 Å². The number of hydrogen-bond acceptors (Lipinski definition) is 1. The molecule has 0 aromatic carbocycles. The molecule has 0 amide bonds. The SMILES string of the molecule is N#CC1=C(F)C(P)=CC(F)C1F. The van der Waals surface area contributed by atoms with E-state index in [9.17, 15) is 13.2 Å². The summed E-state index contributed by atoms with van der Waals surface area (Å²) in [6.07, 6.45) is -3.29. The Morgan fingerprint density at radius 3 is 2.58 bits per heavy atom. The first-order valence-corrected chi connectivity index (χ1v) is 3.71. The molecule has 0 heterocycles. The molecule has 1 aliphatic rings. The van der Waals surface area contributed by atoms with Crippen LogP contribution >= 0.6 is 9.24 Å². The van der Waals surface area contributed by atoms with Crippen LogP contribution in [0.1, 0.15) is 0 Å². The van der Waals surface area contributed by atoms with Gasteiger partial charge in [0.15, 0.2) is 12.3 Å². The van der Waals surface area contributed by atoms with Crippen LogP contribution in [0, 0.1) is 11.3 Å². The van der Waals surface area contributed by atoms with E-state index >= 15 is 0 Å². The molecule has 5 heteroatoms. The third kappa shape index (κ3) is 1.37. The molecule has 0 N–H and O–H groups in total. The molecule has 12 heavy (non-hydrogen) atoms. The second kappa shape index (κ2) is 3.28. The first-order valence-electron chi connectivity index (χ1n) is 3.13. The molecule has 1 aliphatic carbocycles. The van der Waals surface area contributed by atoms with Crippen molar-refractivity contribution in [2.75, 3.05) is 0 Å². The van der Waals surface area contributed by atoms with Crippen molar-refractivity contribution in [3.8, 4) is 6.07 Å². The first kappa shape index (κ1) is 9.28. The highest BCUT2D eigenvalue weighted by Crippen LogP contribution is 2.33. The van der Waals surface area contributed by atoms with E-state index < -0.39 is 23.7 Å². The Labute approximate surface area is 69.8 Å². The normalized spacial score (nSPS) is 29.8. The van der Waals surface area contributed by atoms with E-state index in [0.29, 0.717) is 0 Å². The van der Waals surface area contributed by atoms with E-state index in [2.05, 4.69) is 0 Å². The first-order chi connectivity index (χ1) is 5.57. The van der Waals surface area contributed by atoms with Gasteiger partial charge in [0, 0.05) is 5.31 Å². The van der Waals surface area contributed by atoms with Gasteiger partial charge in [0.1, 0.15) is 17.5 Å². The average molecular weight is 191 g/mol.